The molecular weight excluding hydrogens is 499 g/mol. The van der Waals surface area contributed by atoms with Gasteiger partial charge in [0.05, 0.1) is 17.8 Å². The summed E-state index contributed by atoms with van der Waals surface area (Å²) in [7, 11) is 0. The molecule has 37 heavy (non-hydrogen) atoms. The summed E-state index contributed by atoms with van der Waals surface area (Å²) in [4.78, 5) is 13.8. The zero-order chi connectivity index (χ0) is 25.9. The Labute approximate surface area is 230 Å². The Morgan fingerprint density at radius 1 is 0.730 bits per heavy atom. The van der Waals surface area contributed by atoms with E-state index in [0.29, 0.717) is 5.92 Å². The first-order valence-electron chi connectivity index (χ1n) is 13.0. The summed E-state index contributed by atoms with van der Waals surface area (Å²) in [5.41, 5.74) is 5.61. The van der Waals surface area contributed by atoms with E-state index in [2.05, 4.69) is 84.1 Å². The van der Waals surface area contributed by atoms with Crippen molar-refractivity contribution in [1.82, 2.24) is 19.8 Å². The highest BCUT2D eigenvalue weighted by atomic mass is 35.5. The van der Waals surface area contributed by atoms with E-state index in [4.69, 9.17) is 28.2 Å². The van der Waals surface area contributed by atoms with Gasteiger partial charge in [0.15, 0.2) is 0 Å². The fraction of sp³-hybridized carbons (Fsp3) is 0.323. The maximum Gasteiger partial charge on any atom is 0.137 e. The van der Waals surface area contributed by atoms with E-state index < -0.39 is 0 Å². The number of aryl methyl sites for hydroxylation is 1. The molecule has 0 saturated carbocycles. The van der Waals surface area contributed by atoms with E-state index in [0.717, 1.165) is 70.1 Å². The Hall–Kier alpha value is -2.63. The minimum absolute atomic E-state index is 0.0128. The van der Waals surface area contributed by atoms with Crippen molar-refractivity contribution < 1.29 is 0 Å². The lowest BCUT2D eigenvalue weighted by molar-refractivity contribution is 0.0599. The van der Waals surface area contributed by atoms with Gasteiger partial charge in [-0.3, -0.25) is 9.80 Å². The molecule has 1 fully saturated rings. The molecule has 2 heterocycles. The highest BCUT2D eigenvalue weighted by Gasteiger charge is 2.34. The van der Waals surface area contributed by atoms with E-state index in [9.17, 15) is 0 Å². The van der Waals surface area contributed by atoms with Gasteiger partial charge in [-0.1, -0.05) is 104 Å². The van der Waals surface area contributed by atoms with Crippen LogP contribution >= 0.6 is 23.2 Å². The molecular formula is C31H34Cl2N4. The lowest BCUT2D eigenvalue weighted by Gasteiger charge is -2.43. The van der Waals surface area contributed by atoms with Crippen LogP contribution in [-0.4, -0.2) is 45.9 Å². The number of rotatable bonds is 7. The SMILES string of the molecule is Cc1[nH]c(-c2ccccc2)nc1C(C(C)C)N1CCN(C(c2ccccc2Cl)c2ccccc2Cl)CC1. The van der Waals surface area contributed by atoms with Crippen LogP contribution in [0.2, 0.25) is 10.0 Å². The quantitative estimate of drug-likeness (QED) is 0.263. The van der Waals surface area contributed by atoms with Crippen LogP contribution in [-0.2, 0) is 0 Å². The first-order valence-corrected chi connectivity index (χ1v) is 13.8. The molecule has 192 valence electrons. The molecule has 4 aromatic rings. The van der Waals surface area contributed by atoms with Gasteiger partial charge in [-0.15, -0.1) is 0 Å². The molecule has 0 spiro atoms. The molecule has 1 saturated heterocycles. The van der Waals surface area contributed by atoms with Crippen LogP contribution in [0.3, 0.4) is 0 Å². The number of nitrogens with zero attached hydrogens (tertiary/aromatic N) is 3. The van der Waals surface area contributed by atoms with E-state index in [1.165, 1.54) is 0 Å². The number of aromatic nitrogens is 2. The summed E-state index contributed by atoms with van der Waals surface area (Å²) < 4.78 is 0. The first-order chi connectivity index (χ1) is 17.9. The third kappa shape index (κ3) is 5.49. The molecule has 0 bridgehead atoms. The maximum absolute atomic E-state index is 6.72. The van der Waals surface area contributed by atoms with Crippen LogP contribution in [0.25, 0.3) is 11.4 Å². The highest BCUT2D eigenvalue weighted by Crippen LogP contribution is 2.39. The molecule has 1 aromatic heterocycles. The number of H-pyrrole nitrogens is 1. The fourth-order valence-corrected chi connectivity index (χ4v) is 6.11. The van der Waals surface area contributed by atoms with Gasteiger partial charge in [-0.05, 0) is 36.1 Å². The van der Waals surface area contributed by atoms with Crippen molar-refractivity contribution in [3.63, 3.8) is 0 Å². The topological polar surface area (TPSA) is 35.2 Å². The maximum atomic E-state index is 6.72. The molecule has 1 aliphatic heterocycles. The van der Waals surface area contributed by atoms with Crippen LogP contribution in [0.15, 0.2) is 78.9 Å². The van der Waals surface area contributed by atoms with Gasteiger partial charge in [-0.25, -0.2) is 4.98 Å². The van der Waals surface area contributed by atoms with Crippen molar-refractivity contribution >= 4 is 23.2 Å². The van der Waals surface area contributed by atoms with Gasteiger partial charge in [0.2, 0.25) is 0 Å². The molecule has 1 N–H and O–H groups in total. The number of halogens is 2. The second kappa shape index (κ2) is 11.4. The zero-order valence-electron chi connectivity index (χ0n) is 21.7. The summed E-state index contributed by atoms with van der Waals surface area (Å²) >= 11 is 13.4. The molecule has 6 heteroatoms. The van der Waals surface area contributed by atoms with Crippen LogP contribution in [0.1, 0.15) is 48.4 Å². The van der Waals surface area contributed by atoms with E-state index in [1.807, 2.05) is 30.3 Å². The third-order valence-corrected chi connectivity index (χ3v) is 8.08. The number of imidazole rings is 1. The monoisotopic (exact) mass is 532 g/mol. The minimum atomic E-state index is 0.0128. The fourth-order valence-electron chi connectivity index (χ4n) is 5.63. The first kappa shape index (κ1) is 26.0. The van der Waals surface area contributed by atoms with E-state index in [-0.39, 0.29) is 12.1 Å². The van der Waals surface area contributed by atoms with Crippen molar-refractivity contribution in [2.45, 2.75) is 32.9 Å². The molecule has 1 unspecified atom stereocenters. The minimum Gasteiger partial charge on any atom is -0.342 e. The van der Waals surface area contributed by atoms with Crippen molar-refractivity contribution in [1.29, 1.82) is 0 Å². The summed E-state index contributed by atoms with van der Waals surface area (Å²) in [5.74, 6) is 1.37. The molecule has 1 atom stereocenters. The van der Waals surface area contributed by atoms with Gasteiger partial charge in [0, 0.05) is 47.5 Å². The predicted octanol–water partition coefficient (Wildman–Crippen LogP) is 7.80. The largest absolute Gasteiger partial charge is 0.342 e. The Kier molecular flexibility index (Phi) is 8.01. The standard InChI is InChI=1S/C31H34Cl2N4/c1-21(2)29(28-22(3)34-31(35-28)23-11-5-4-6-12-23)36-17-19-37(20-18-36)30(24-13-7-9-15-26(24)32)25-14-8-10-16-27(25)33/h4-16,21,29-30H,17-20H2,1-3H3,(H,34,35). The van der Waals surface area contributed by atoms with E-state index in [1.54, 1.807) is 0 Å². The molecule has 0 radical (unpaired) electrons. The Morgan fingerprint density at radius 2 is 1.24 bits per heavy atom. The number of hydrogen-bond donors (Lipinski definition) is 1. The van der Waals surface area contributed by atoms with E-state index >= 15 is 0 Å². The van der Waals surface area contributed by atoms with Crippen LogP contribution in [0, 0.1) is 12.8 Å². The molecule has 5 rings (SSSR count). The Bertz CT molecular complexity index is 1280. The number of piperazine rings is 1. The molecule has 0 amide bonds. The Balaban J connectivity index is 1.40. The third-order valence-electron chi connectivity index (χ3n) is 7.39. The normalized spacial score (nSPS) is 16.0. The average molecular weight is 534 g/mol. The molecule has 0 aliphatic carbocycles. The van der Waals surface area contributed by atoms with Crippen molar-refractivity contribution in [3.8, 4) is 11.4 Å². The predicted molar refractivity (Wildman–Crippen MR) is 154 cm³/mol. The van der Waals surface area contributed by atoms with Gasteiger partial charge in [0.1, 0.15) is 5.82 Å². The summed E-state index contributed by atoms with van der Waals surface area (Å²) in [5, 5.41) is 1.55. The van der Waals surface area contributed by atoms with Crippen LogP contribution < -0.4 is 0 Å². The molecule has 4 nitrogen and oxygen atoms in total. The lowest BCUT2D eigenvalue weighted by atomic mass is 9.94. The average Bonchev–Trinajstić information content (AvgIpc) is 3.28. The summed E-state index contributed by atoms with van der Waals surface area (Å²) in [6.07, 6.45) is 0. The zero-order valence-corrected chi connectivity index (χ0v) is 23.2. The van der Waals surface area contributed by atoms with Crippen molar-refractivity contribution in [2.75, 3.05) is 26.2 Å². The summed E-state index contributed by atoms with van der Waals surface area (Å²) in [6, 6.07) is 26.9. The number of hydrogen-bond acceptors (Lipinski definition) is 3. The second-order valence-corrected chi connectivity index (χ2v) is 11.0. The molecule has 1 aliphatic rings. The van der Waals surface area contributed by atoms with Gasteiger partial charge >= 0.3 is 0 Å². The van der Waals surface area contributed by atoms with Gasteiger partial charge < -0.3 is 4.98 Å². The highest BCUT2D eigenvalue weighted by molar-refractivity contribution is 6.32. The number of benzene rings is 3. The van der Waals surface area contributed by atoms with Crippen molar-refractivity contribution in [3.05, 3.63) is 111 Å². The number of nitrogens with one attached hydrogen (secondary N) is 1. The number of aromatic amines is 1. The van der Waals surface area contributed by atoms with Crippen LogP contribution in [0.5, 0.6) is 0 Å². The van der Waals surface area contributed by atoms with Gasteiger partial charge in [0.25, 0.3) is 0 Å². The molecule has 3 aromatic carbocycles. The van der Waals surface area contributed by atoms with Crippen molar-refractivity contribution in [2.24, 2.45) is 5.92 Å². The smallest absolute Gasteiger partial charge is 0.137 e. The Morgan fingerprint density at radius 3 is 1.78 bits per heavy atom. The summed E-state index contributed by atoms with van der Waals surface area (Å²) in [6.45, 7) is 10.5. The lowest BCUT2D eigenvalue weighted by Crippen LogP contribution is -2.50. The second-order valence-electron chi connectivity index (χ2n) is 10.2. The van der Waals surface area contributed by atoms with Crippen LogP contribution in [0.4, 0.5) is 0 Å². The van der Waals surface area contributed by atoms with Gasteiger partial charge in [-0.2, -0.15) is 0 Å².